The van der Waals surface area contributed by atoms with E-state index in [1.807, 2.05) is 80.6 Å². The smallest absolute Gasteiger partial charge is 0.323 e. The van der Waals surface area contributed by atoms with Gasteiger partial charge in [0.25, 0.3) is 0 Å². The summed E-state index contributed by atoms with van der Waals surface area (Å²) in [6.45, 7) is 11.6. The van der Waals surface area contributed by atoms with E-state index in [2.05, 4.69) is 44.6 Å². The molecule has 3 aromatic carbocycles. The molecule has 5 N–H and O–H groups in total. The molecule has 0 radical (unpaired) electrons. The van der Waals surface area contributed by atoms with Gasteiger partial charge in [-0.25, -0.2) is 4.79 Å². The summed E-state index contributed by atoms with van der Waals surface area (Å²) in [4.78, 5) is 12.6. The van der Waals surface area contributed by atoms with Crippen molar-refractivity contribution in [3.05, 3.63) is 96.1 Å². The second-order valence-electron chi connectivity index (χ2n) is 7.15. The molecule has 0 fully saturated rings. The summed E-state index contributed by atoms with van der Waals surface area (Å²) in [6, 6.07) is 20.8. The molecule has 8 heteroatoms. The standard InChI is InChI=1S/C25H22N6OS.C2H6/c1-3-22(21-15-26-31-16(21)2)29-24(32)30-23-11-7-8-17-14-19(12-13-20(17)23)28-25(33)27-18-9-5-4-6-10-18;1-2/h3-15,31H,1-2H2,(H2,27,28,33)(H2,29,30,32);1-2H3/b22-21+;. The van der Waals surface area contributed by atoms with Crippen LogP contribution < -0.4 is 31.8 Å². The number of para-hydroxylation sites is 1. The molecular formula is C27H28N6OS. The molecule has 0 bridgehead atoms. The number of aromatic nitrogens is 2. The number of carbonyl (C=O) groups is 1. The highest BCUT2D eigenvalue weighted by Crippen LogP contribution is 2.26. The third-order valence-corrected chi connectivity index (χ3v) is 5.08. The second-order valence-corrected chi connectivity index (χ2v) is 7.55. The monoisotopic (exact) mass is 484 g/mol. The highest BCUT2D eigenvalue weighted by Gasteiger charge is 2.08. The zero-order valence-electron chi connectivity index (χ0n) is 19.7. The molecule has 2 amide bonds. The van der Waals surface area contributed by atoms with Crippen molar-refractivity contribution < 1.29 is 4.79 Å². The number of benzene rings is 3. The van der Waals surface area contributed by atoms with Crippen LogP contribution in [0.15, 0.2) is 85.6 Å². The summed E-state index contributed by atoms with van der Waals surface area (Å²) >= 11 is 5.41. The molecule has 0 saturated heterocycles. The van der Waals surface area contributed by atoms with E-state index in [-0.39, 0.29) is 0 Å². The van der Waals surface area contributed by atoms with Crippen LogP contribution in [0.4, 0.5) is 21.9 Å². The molecule has 0 aliphatic heterocycles. The van der Waals surface area contributed by atoms with E-state index in [0.717, 1.165) is 22.1 Å². The van der Waals surface area contributed by atoms with Gasteiger partial charge in [-0.15, -0.1) is 0 Å². The van der Waals surface area contributed by atoms with Crippen LogP contribution in [0.2, 0.25) is 0 Å². The van der Waals surface area contributed by atoms with Gasteiger partial charge in [0, 0.05) is 22.0 Å². The minimum atomic E-state index is -0.395. The van der Waals surface area contributed by atoms with Gasteiger partial charge in [-0.1, -0.05) is 63.4 Å². The quantitative estimate of drug-likeness (QED) is 0.259. The Labute approximate surface area is 209 Å². The molecule has 4 aromatic rings. The average Bonchev–Trinajstić information content (AvgIpc) is 3.30. The van der Waals surface area contributed by atoms with Crippen LogP contribution in [0, 0.1) is 0 Å². The van der Waals surface area contributed by atoms with Crippen molar-refractivity contribution in [3.63, 3.8) is 0 Å². The fourth-order valence-corrected chi connectivity index (χ4v) is 3.57. The van der Waals surface area contributed by atoms with Gasteiger partial charge in [0.15, 0.2) is 5.11 Å². The average molecular weight is 485 g/mol. The van der Waals surface area contributed by atoms with Crippen molar-refractivity contribution >= 4 is 63.5 Å². The van der Waals surface area contributed by atoms with Gasteiger partial charge in [-0.05, 0) is 54.0 Å². The second kappa shape index (κ2) is 12.2. The van der Waals surface area contributed by atoms with Crippen LogP contribution in [0.5, 0.6) is 0 Å². The summed E-state index contributed by atoms with van der Waals surface area (Å²) in [5.74, 6) is 0. The third-order valence-electron chi connectivity index (χ3n) is 4.88. The molecule has 0 spiro atoms. The fourth-order valence-electron chi connectivity index (χ4n) is 3.33. The van der Waals surface area contributed by atoms with Gasteiger partial charge >= 0.3 is 6.03 Å². The van der Waals surface area contributed by atoms with E-state index in [9.17, 15) is 4.79 Å². The Morgan fingerprint density at radius 1 is 0.971 bits per heavy atom. The molecule has 0 aliphatic carbocycles. The number of urea groups is 1. The van der Waals surface area contributed by atoms with Crippen LogP contribution in [0.25, 0.3) is 23.0 Å². The molecule has 1 heterocycles. The maximum Gasteiger partial charge on any atom is 0.323 e. The first-order valence-electron chi connectivity index (χ1n) is 11.1. The summed E-state index contributed by atoms with van der Waals surface area (Å²) < 4.78 is 0. The summed E-state index contributed by atoms with van der Waals surface area (Å²) in [5.41, 5.74) is 2.93. The molecule has 0 unspecified atom stereocenters. The minimum Gasteiger partial charge on any atom is -0.332 e. The summed E-state index contributed by atoms with van der Waals surface area (Å²) in [5, 5.41) is 22.3. The number of nitrogens with one attached hydrogen (secondary N) is 5. The predicted molar refractivity (Wildman–Crippen MR) is 151 cm³/mol. The van der Waals surface area contributed by atoms with Crippen LogP contribution in [-0.2, 0) is 0 Å². The zero-order valence-corrected chi connectivity index (χ0v) is 20.5. The van der Waals surface area contributed by atoms with E-state index < -0.39 is 6.03 Å². The first-order chi connectivity index (χ1) is 17.0. The van der Waals surface area contributed by atoms with Gasteiger partial charge in [0.1, 0.15) is 0 Å². The number of thiocarbonyl (C=S) groups is 1. The van der Waals surface area contributed by atoms with Gasteiger partial charge in [-0.2, -0.15) is 5.10 Å². The number of hydrogen-bond acceptors (Lipinski definition) is 3. The normalized spacial score (nSPS) is 10.9. The number of hydrogen-bond donors (Lipinski definition) is 5. The lowest BCUT2D eigenvalue weighted by molar-refractivity contribution is 0.255. The number of anilines is 3. The highest BCUT2D eigenvalue weighted by atomic mass is 32.1. The van der Waals surface area contributed by atoms with Crippen molar-refractivity contribution in [2.45, 2.75) is 13.8 Å². The summed E-state index contributed by atoms with van der Waals surface area (Å²) in [7, 11) is 0. The number of carbonyl (C=O) groups excluding carboxylic acids is 1. The highest BCUT2D eigenvalue weighted by molar-refractivity contribution is 7.80. The zero-order chi connectivity index (χ0) is 25.2. The molecule has 35 heavy (non-hydrogen) atoms. The Bertz CT molecular complexity index is 1450. The largest absolute Gasteiger partial charge is 0.332 e. The van der Waals surface area contributed by atoms with Crippen LogP contribution in [0.1, 0.15) is 13.8 Å². The van der Waals surface area contributed by atoms with Crippen molar-refractivity contribution in [3.8, 4) is 0 Å². The topological polar surface area (TPSA) is 93.9 Å². The molecule has 178 valence electrons. The minimum absolute atomic E-state index is 0.395. The summed E-state index contributed by atoms with van der Waals surface area (Å²) in [6.07, 6.45) is 3.13. The van der Waals surface area contributed by atoms with E-state index in [1.54, 1.807) is 12.3 Å². The van der Waals surface area contributed by atoms with E-state index in [1.165, 1.54) is 0 Å². The van der Waals surface area contributed by atoms with Gasteiger partial charge in [0.05, 0.1) is 22.9 Å². The Hall–Kier alpha value is -4.43. The molecule has 7 nitrogen and oxygen atoms in total. The van der Waals surface area contributed by atoms with Crippen molar-refractivity contribution in [1.29, 1.82) is 0 Å². The van der Waals surface area contributed by atoms with Crippen molar-refractivity contribution in [2.24, 2.45) is 0 Å². The molecule has 0 atom stereocenters. The van der Waals surface area contributed by atoms with Crippen molar-refractivity contribution in [2.75, 3.05) is 16.0 Å². The Morgan fingerprint density at radius 2 is 1.71 bits per heavy atom. The molecular weight excluding hydrogens is 456 g/mol. The Balaban J connectivity index is 0.00000167. The number of fused-ring (bicyclic) bond motifs is 1. The SMILES string of the molecule is C=C/C(NC(=O)Nc1cccc2cc(NC(=S)Nc3ccccc3)ccc12)=c1/cn[nH]c1=C.CC. The van der Waals surface area contributed by atoms with Crippen LogP contribution >= 0.6 is 12.2 Å². The molecule has 0 saturated carbocycles. The van der Waals surface area contributed by atoms with Gasteiger partial charge in [-0.3, -0.25) is 5.10 Å². The van der Waals surface area contributed by atoms with E-state index in [4.69, 9.17) is 12.2 Å². The lowest BCUT2D eigenvalue weighted by atomic mass is 10.1. The van der Waals surface area contributed by atoms with Crippen LogP contribution in [-0.4, -0.2) is 21.3 Å². The lowest BCUT2D eigenvalue weighted by Crippen LogP contribution is -2.34. The molecule has 4 rings (SSSR count). The maximum atomic E-state index is 12.6. The Morgan fingerprint density at radius 3 is 2.40 bits per heavy atom. The first-order valence-corrected chi connectivity index (χ1v) is 11.5. The van der Waals surface area contributed by atoms with E-state index in [0.29, 0.717) is 27.1 Å². The number of rotatable bonds is 5. The molecule has 0 aliphatic rings. The Kier molecular flexibility index (Phi) is 8.75. The van der Waals surface area contributed by atoms with Gasteiger partial charge in [0.2, 0.25) is 0 Å². The predicted octanol–water partition coefficient (Wildman–Crippen LogP) is 4.92. The van der Waals surface area contributed by atoms with Crippen LogP contribution in [0.3, 0.4) is 0 Å². The number of nitrogens with zero attached hydrogens (tertiary/aromatic N) is 1. The fraction of sp³-hybridized carbons (Fsp3) is 0.0741. The first kappa shape index (κ1) is 25.2. The van der Waals surface area contributed by atoms with Crippen molar-refractivity contribution in [1.82, 2.24) is 15.5 Å². The van der Waals surface area contributed by atoms with E-state index >= 15 is 0 Å². The number of amides is 2. The number of aromatic amines is 1. The number of H-pyrrole nitrogens is 1. The van der Waals surface area contributed by atoms with Gasteiger partial charge < -0.3 is 21.3 Å². The lowest BCUT2D eigenvalue weighted by Gasteiger charge is -2.13. The molecule has 1 aromatic heterocycles. The maximum absolute atomic E-state index is 12.6. The third kappa shape index (κ3) is 6.55.